The summed E-state index contributed by atoms with van der Waals surface area (Å²) >= 11 is 4.41. The Morgan fingerprint density at radius 2 is 0.765 bits per heavy atom. The minimum atomic E-state index is -4.97. The predicted octanol–water partition coefficient (Wildman–Crippen LogP) is 16.7. The van der Waals surface area contributed by atoms with E-state index >= 15 is 0 Å². The SMILES string of the molecule is CC.CC.CC.CC.CC.CC(C)(C)C(=O)Nc1ccccc1C(=O)C(F)(F)F.CC(C)(C)C(=O)Nc1ccccc1I.CCOC(=O)C(F)(F)F.Nc1ccccc1.Nc1ccccc1C(=O)C(F)(F)F.Nc1ccccc1I.[CH2-]CCC.[Li+]. The van der Waals surface area contributed by atoms with Crippen LogP contribution in [-0.4, -0.2) is 54.5 Å². The van der Waals surface area contributed by atoms with Crippen LogP contribution in [0.1, 0.15) is 158 Å². The van der Waals surface area contributed by atoms with Crippen LogP contribution in [0.2, 0.25) is 0 Å². The maximum atomic E-state index is 12.4. The van der Waals surface area contributed by atoms with Crippen molar-refractivity contribution in [3.8, 4) is 0 Å². The second-order valence-electron chi connectivity index (χ2n) is 16.7. The molecule has 2 amide bonds. The molecule has 0 heterocycles. The molecular weight excluding hydrogens is 1340 g/mol. The minimum absolute atomic E-state index is 0. The second-order valence-corrected chi connectivity index (χ2v) is 19.0. The number of nitrogen functional groups attached to an aromatic ring is 3. The van der Waals surface area contributed by atoms with Gasteiger partial charge in [0.05, 0.1) is 29.1 Å². The summed E-state index contributed by atoms with van der Waals surface area (Å²) in [6.45, 7) is 37.3. The maximum Gasteiger partial charge on any atom is 1.00 e. The van der Waals surface area contributed by atoms with Crippen LogP contribution in [0, 0.1) is 24.9 Å². The van der Waals surface area contributed by atoms with Crippen molar-refractivity contribution in [3.05, 3.63) is 153 Å². The molecule has 0 aliphatic heterocycles. The third-order valence-corrected chi connectivity index (χ3v) is 10.1. The number of carbonyl (C=O) groups excluding carboxylic acids is 5. The summed E-state index contributed by atoms with van der Waals surface area (Å²) in [5.74, 6) is -6.44. The number of Topliss-reactive ketones (excluding diaryl/α,β-unsaturated/α-hetero) is 2. The molecule has 0 atom stereocenters. The summed E-state index contributed by atoms with van der Waals surface area (Å²) in [4.78, 5) is 55.1. The third kappa shape index (κ3) is 49.5. The largest absolute Gasteiger partial charge is 1.00 e. The Morgan fingerprint density at radius 3 is 1.04 bits per heavy atom. The predicted molar refractivity (Wildman–Crippen MR) is 348 cm³/mol. The van der Waals surface area contributed by atoms with E-state index in [0.717, 1.165) is 42.8 Å². The van der Waals surface area contributed by atoms with Gasteiger partial charge in [0, 0.05) is 35.0 Å². The Bertz CT molecular complexity index is 2480. The van der Waals surface area contributed by atoms with Gasteiger partial charge < -0.3 is 39.5 Å². The Hall–Kier alpha value is -5.32. The molecule has 85 heavy (non-hydrogen) atoms. The van der Waals surface area contributed by atoms with E-state index in [0.29, 0.717) is 0 Å². The van der Waals surface area contributed by atoms with Gasteiger partial charge in [-0.05, 0) is 113 Å². The summed E-state index contributed by atoms with van der Waals surface area (Å²) in [5, 5.41) is 5.25. The number of hydrogen-bond donors (Lipinski definition) is 5. The van der Waals surface area contributed by atoms with E-state index in [1.54, 1.807) is 20.8 Å². The number of benzene rings is 5. The summed E-state index contributed by atoms with van der Waals surface area (Å²) < 4.78 is 112. The van der Waals surface area contributed by atoms with Crippen molar-refractivity contribution in [1.29, 1.82) is 0 Å². The van der Waals surface area contributed by atoms with Gasteiger partial charge in [0.2, 0.25) is 11.8 Å². The number of halogens is 11. The number of rotatable bonds is 6. The summed E-state index contributed by atoms with van der Waals surface area (Å²) in [7, 11) is 0. The standard InChI is InChI=1S/C13H14F3NO2.C11H14INO.C8H6F3NO.C6H6IN.C6H7N.C4H5F3O2.C4H9.5C2H6.Li/c1-12(2,3)11(19)17-9-7-5-4-6-8(9)10(18)13(14,15)16;1-11(2,3)10(14)13-9-7-5-4-6-8(9)12;9-8(10,11)7(13)5-3-1-2-4-6(5)12;7-5-3-1-2-4-6(5)8;7-6-4-2-1-3-5-6;1-2-9-3(8)4(5,6)7;1-3-4-2;5*1-2;/h4-7H,1-3H3,(H,17,19);4-7H,1-3H3,(H,13,14);1-4H,12H2;1-4H,8H2;1-5H,7H2;2H2,1H3;1,3-4H2,2H3;5*1-2H3;/q;;;;;;-1;;;;;;+1. The smallest absolute Gasteiger partial charge is 0.459 e. The maximum absolute atomic E-state index is 12.4. The van der Waals surface area contributed by atoms with Crippen molar-refractivity contribution in [2.24, 2.45) is 10.8 Å². The van der Waals surface area contributed by atoms with Gasteiger partial charge in [-0.15, -0.1) is 0 Å². The molecule has 0 saturated carbocycles. The van der Waals surface area contributed by atoms with E-state index in [1.807, 2.05) is 169 Å². The Morgan fingerprint density at radius 1 is 0.459 bits per heavy atom. The van der Waals surface area contributed by atoms with Gasteiger partial charge in [-0.3, -0.25) is 19.2 Å². The average Bonchev–Trinajstić information content (AvgIpc) is 3.45. The van der Waals surface area contributed by atoms with Crippen LogP contribution in [0.4, 0.5) is 68.0 Å². The van der Waals surface area contributed by atoms with Crippen LogP contribution in [0.25, 0.3) is 0 Å². The van der Waals surface area contributed by atoms with Crippen LogP contribution in [-0.2, 0) is 19.1 Å². The normalized spacial score (nSPS) is 9.72. The number of nitrogens with one attached hydrogen (secondary N) is 2. The van der Waals surface area contributed by atoms with Gasteiger partial charge in [0.25, 0.3) is 11.6 Å². The first-order chi connectivity index (χ1) is 39.0. The number of esters is 1. The average molecular weight is 1430 g/mol. The molecule has 0 aromatic heterocycles. The molecule has 8 N–H and O–H groups in total. The molecule has 0 aliphatic rings. The van der Waals surface area contributed by atoms with Crippen molar-refractivity contribution in [2.45, 2.75) is 156 Å². The van der Waals surface area contributed by atoms with Crippen LogP contribution < -0.4 is 46.7 Å². The van der Waals surface area contributed by atoms with E-state index in [4.69, 9.17) is 17.2 Å². The van der Waals surface area contributed by atoms with Gasteiger partial charge in [0.1, 0.15) is 0 Å². The number of ether oxygens (including phenoxy) is 1. The van der Waals surface area contributed by atoms with Gasteiger partial charge in [0.15, 0.2) is 0 Å². The number of ketones is 2. The van der Waals surface area contributed by atoms with Crippen LogP contribution >= 0.6 is 45.2 Å². The van der Waals surface area contributed by atoms with Gasteiger partial charge in [-0.1, -0.05) is 191 Å². The number of hydrogen-bond acceptors (Lipinski definition) is 9. The molecule has 11 nitrogen and oxygen atoms in total. The molecule has 478 valence electrons. The molecule has 0 saturated heterocycles. The van der Waals surface area contributed by atoms with Crippen molar-refractivity contribution in [3.63, 3.8) is 0 Å². The summed E-state index contributed by atoms with van der Waals surface area (Å²) in [6.07, 6.45) is -12.4. The zero-order valence-electron chi connectivity index (χ0n) is 52.8. The van der Waals surface area contributed by atoms with Gasteiger partial charge in [-0.25, -0.2) is 4.79 Å². The van der Waals surface area contributed by atoms with Crippen LogP contribution in [0.5, 0.6) is 0 Å². The van der Waals surface area contributed by atoms with Crippen molar-refractivity contribution in [1.82, 2.24) is 0 Å². The number of nitrogens with two attached hydrogens (primary N) is 3. The molecule has 0 bridgehead atoms. The fourth-order valence-corrected chi connectivity index (χ4v) is 5.03. The zero-order chi connectivity index (χ0) is 67.7. The molecule has 0 unspecified atom stereocenters. The van der Waals surface area contributed by atoms with Gasteiger partial charge >= 0.3 is 43.4 Å². The molecule has 0 fully saturated rings. The molecular formula is C62H91F9I2LiN5O6. The number of unbranched alkanes of at least 4 members (excludes halogenated alkanes) is 1. The first-order valence-corrected chi connectivity index (χ1v) is 29.0. The molecule has 0 spiro atoms. The van der Waals surface area contributed by atoms with Gasteiger partial charge in [-0.2, -0.15) is 45.9 Å². The summed E-state index contributed by atoms with van der Waals surface area (Å²) in [6, 6.07) is 35.2. The van der Waals surface area contributed by atoms with E-state index in [-0.39, 0.29) is 48.2 Å². The molecule has 5 aromatic carbocycles. The number of alkyl halides is 9. The van der Waals surface area contributed by atoms with E-state index in [9.17, 15) is 63.5 Å². The fraction of sp³-hybridized carbons (Fsp3) is 0.419. The number of carbonyl (C=O) groups is 5. The Labute approximate surface area is 540 Å². The topological polar surface area (TPSA) is 197 Å². The molecule has 0 radical (unpaired) electrons. The van der Waals surface area contributed by atoms with E-state index < -0.39 is 58.5 Å². The number of anilines is 5. The monoisotopic (exact) mass is 1430 g/mol. The number of para-hydroxylation sites is 5. The zero-order valence-corrected chi connectivity index (χ0v) is 57.1. The minimum Gasteiger partial charge on any atom is -0.459 e. The van der Waals surface area contributed by atoms with Crippen molar-refractivity contribution >= 4 is 103 Å². The molecule has 0 aliphatic carbocycles. The Kier molecular flexibility index (Phi) is 61.1. The van der Waals surface area contributed by atoms with Crippen molar-refractivity contribution in [2.75, 3.05) is 34.4 Å². The molecule has 5 rings (SSSR count). The van der Waals surface area contributed by atoms with E-state index in [1.165, 1.54) is 49.7 Å². The molecule has 5 aromatic rings. The van der Waals surface area contributed by atoms with Crippen molar-refractivity contribution < 1.29 is 87.1 Å². The first kappa shape index (κ1) is 96.0. The fourth-order valence-electron chi connectivity index (χ4n) is 4.12. The Balaban J connectivity index is -0.000000136. The number of amides is 2. The van der Waals surface area contributed by atoms with E-state index in [2.05, 4.69) is 74.4 Å². The third-order valence-electron chi connectivity index (χ3n) is 8.19. The first-order valence-electron chi connectivity index (χ1n) is 26.8. The van der Waals surface area contributed by atoms with Crippen LogP contribution in [0.15, 0.2) is 127 Å². The quantitative estimate of drug-likeness (QED) is 0.0209. The summed E-state index contributed by atoms with van der Waals surface area (Å²) in [5.41, 5.74) is 16.1. The van der Waals surface area contributed by atoms with Crippen LogP contribution in [0.3, 0.4) is 0 Å². The second kappa shape index (κ2) is 54.1. The molecule has 23 heteroatoms.